The van der Waals surface area contributed by atoms with E-state index < -0.39 is 28.3 Å². The molecule has 0 spiro atoms. The van der Waals surface area contributed by atoms with E-state index in [-0.39, 0.29) is 15.7 Å². The molecule has 0 aliphatic carbocycles. The minimum absolute atomic E-state index is 0.0374. The lowest BCUT2D eigenvalue weighted by Gasteiger charge is -2.24. The summed E-state index contributed by atoms with van der Waals surface area (Å²) in [7, 11) is -2.66. The third kappa shape index (κ3) is 5.96. The van der Waals surface area contributed by atoms with Crippen LogP contribution in [-0.2, 0) is 14.8 Å². The molecule has 8 nitrogen and oxygen atoms in total. The monoisotopic (exact) mass is 496 g/mol. The van der Waals surface area contributed by atoms with Gasteiger partial charge in [0.2, 0.25) is 11.0 Å². The van der Waals surface area contributed by atoms with Gasteiger partial charge in [-0.1, -0.05) is 30.0 Å². The van der Waals surface area contributed by atoms with Crippen molar-refractivity contribution in [2.45, 2.75) is 22.6 Å². The summed E-state index contributed by atoms with van der Waals surface area (Å²) in [4.78, 5) is 12.6. The van der Waals surface area contributed by atoms with Gasteiger partial charge in [0.05, 0.1) is 17.7 Å². The number of hydrogen-bond acceptors (Lipinski definition) is 8. The van der Waals surface area contributed by atoms with Crippen LogP contribution in [0.25, 0.3) is 0 Å². The van der Waals surface area contributed by atoms with Crippen LogP contribution in [0.3, 0.4) is 0 Å². The van der Waals surface area contributed by atoms with Crippen LogP contribution in [0.2, 0.25) is 0 Å². The minimum Gasteiger partial charge on any atom is -0.497 e. The quantitative estimate of drug-likeness (QED) is 0.334. The minimum atomic E-state index is -4.13. The second-order valence-electron chi connectivity index (χ2n) is 6.43. The molecule has 32 heavy (non-hydrogen) atoms. The van der Waals surface area contributed by atoms with E-state index in [0.717, 1.165) is 28.6 Å². The van der Waals surface area contributed by atoms with Crippen molar-refractivity contribution < 1.29 is 22.3 Å². The molecule has 0 saturated carbocycles. The number of nitrogens with zero attached hydrogens (tertiary/aromatic N) is 3. The number of carbonyl (C=O) groups excluding carboxylic acids is 1. The molecule has 3 rings (SSSR count). The van der Waals surface area contributed by atoms with E-state index in [9.17, 15) is 17.6 Å². The first-order valence-corrected chi connectivity index (χ1v) is 12.8. The number of sulfonamides is 1. The van der Waals surface area contributed by atoms with Crippen molar-refractivity contribution >= 4 is 49.8 Å². The number of thioether (sulfide) groups is 1. The predicted octanol–water partition coefficient (Wildman–Crippen LogP) is 4.02. The highest BCUT2D eigenvalue weighted by Crippen LogP contribution is 2.27. The molecule has 0 fully saturated rings. The van der Waals surface area contributed by atoms with Gasteiger partial charge in [-0.05, 0) is 55.0 Å². The summed E-state index contributed by atoms with van der Waals surface area (Å²) in [6, 6.07) is 10.6. The number of amides is 1. The highest BCUT2D eigenvalue weighted by atomic mass is 32.2. The normalized spacial score (nSPS) is 11.2. The first kappa shape index (κ1) is 24.0. The van der Waals surface area contributed by atoms with Gasteiger partial charge < -0.3 is 4.74 Å². The number of halogens is 1. The lowest BCUT2D eigenvalue weighted by molar-refractivity contribution is -0.114. The van der Waals surface area contributed by atoms with Crippen LogP contribution in [0.15, 0.2) is 57.8 Å². The van der Waals surface area contributed by atoms with Crippen LogP contribution in [0.5, 0.6) is 5.75 Å². The fourth-order valence-electron chi connectivity index (χ4n) is 2.59. The highest BCUT2D eigenvalue weighted by Gasteiger charge is 2.27. The van der Waals surface area contributed by atoms with E-state index in [1.807, 2.05) is 6.92 Å². The van der Waals surface area contributed by atoms with Gasteiger partial charge in [0.1, 0.15) is 18.1 Å². The van der Waals surface area contributed by atoms with E-state index in [2.05, 4.69) is 15.5 Å². The Labute approximate surface area is 193 Å². The summed E-state index contributed by atoms with van der Waals surface area (Å²) in [5.74, 6) is 0.240. The first-order chi connectivity index (χ1) is 15.3. The molecule has 2 aromatic carbocycles. The molecule has 0 radical (unpaired) electrons. The predicted molar refractivity (Wildman–Crippen MR) is 123 cm³/mol. The average molecular weight is 497 g/mol. The van der Waals surface area contributed by atoms with E-state index in [1.165, 1.54) is 66.6 Å². The summed E-state index contributed by atoms with van der Waals surface area (Å²) in [5.41, 5.74) is 0.147. The Balaban J connectivity index is 1.85. The van der Waals surface area contributed by atoms with Crippen LogP contribution in [0.4, 0.5) is 15.2 Å². The average Bonchev–Trinajstić information content (AvgIpc) is 3.23. The van der Waals surface area contributed by atoms with Crippen molar-refractivity contribution in [2.24, 2.45) is 0 Å². The van der Waals surface area contributed by atoms with Crippen LogP contribution in [0.1, 0.15) is 13.3 Å². The van der Waals surface area contributed by atoms with Crippen molar-refractivity contribution in [3.63, 3.8) is 0 Å². The maximum atomic E-state index is 13.4. The summed E-state index contributed by atoms with van der Waals surface area (Å²) < 4.78 is 46.7. The Morgan fingerprint density at radius 2 is 1.84 bits per heavy atom. The number of carbonyl (C=O) groups is 1. The topological polar surface area (TPSA) is 101 Å². The molecule has 1 amide bonds. The summed E-state index contributed by atoms with van der Waals surface area (Å²) in [6.45, 7) is 1.51. The van der Waals surface area contributed by atoms with Crippen molar-refractivity contribution in [2.75, 3.05) is 29.0 Å². The van der Waals surface area contributed by atoms with E-state index in [1.54, 1.807) is 0 Å². The van der Waals surface area contributed by atoms with Crippen molar-refractivity contribution in [3.05, 3.63) is 54.3 Å². The lowest BCUT2D eigenvalue weighted by Crippen LogP contribution is -2.38. The van der Waals surface area contributed by atoms with Crippen molar-refractivity contribution in [1.29, 1.82) is 0 Å². The molecule has 0 aliphatic heterocycles. The molecule has 12 heteroatoms. The maximum Gasteiger partial charge on any atom is 0.264 e. The van der Waals surface area contributed by atoms with Gasteiger partial charge in [-0.15, -0.1) is 10.2 Å². The van der Waals surface area contributed by atoms with Crippen LogP contribution >= 0.6 is 23.1 Å². The van der Waals surface area contributed by atoms with Crippen molar-refractivity contribution in [1.82, 2.24) is 10.2 Å². The van der Waals surface area contributed by atoms with Crippen LogP contribution < -0.4 is 14.4 Å². The van der Waals surface area contributed by atoms with Gasteiger partial charge in [-0.3, -0.25) is 14.4 Å². The molecule has 0 atom stereocenters. The molecular formula is C20H21FN4O4S3. The molecule has 1 N–H and O–H groups in total. The smallest absolute Gasteiger partial charge is 0.264 e. The zero-order valence-corrected chi connectivity index (χ0v) is 19.8. The number of anilines is 2. The molecule has 170 valence electrons. The Morgan fingerprint density at radius 1 is 1.16 bits per heavy atom. The number of rotatable bonds is 10. The lowest BCUT2D eigenvalue weighted by atomic mass is 10.3. The molecule has 1 aromatic heterocycles. The van der Waals surface area contributed by atoms with Gasteiger partial charge >= 0.3 is 0 Å². The van der Waals surface area contributed by atoms with Gasteiger partial charge in [-0.2, -0.15) is 0 Å². The fraction of sp³-hybridized carbons (Fsp3) is 0.250. The van der Waals surface area contributed by atoms with Gasteiger partial charge in [0.15, 0.2) is 4.34 Å². The largest absolute Gasteiger partial charge is 0.497 e. The number of methoxy groups -OCH3 is 1. The zero-order valence-electron chi connectivity index (χ0n) is 17.3. The summed E-state index contributed by atoms with van der Waals surface area (Å²) in [6.07, 6.45) is 0.974. The van der Waals surface area contributed by atoms with E-state index in [0.29, 0.717) is 10.1 Å². The van der Waals surface area contributed by atoms with Gasteiger partial charge in [0, 0.05) is 5.75 Å². The van der Waals surface area contributed by atoms with E-state index in [4.69, 9.17) is 4.74 Å². The number of ether oxygens (including phenoxy) is 1. The summed E-state index contributed by atoms with van der Waals surface area (Å²) >= 11 is 2.74. The van der Waals surface area contributed by atoms with Crippen molar-refractivity contribution in [3.8, 4) is 5.75 Å². The molecule has 1 heterocycles. The SMILES string of the molecule is CCCSc1nnc(NC(=O)CN(c2ccc(F)cc2)S(=O)(=O)c2ccc(OC)cc2)s1. The third-order valence-corrected chi connectivity index (χ3v) is 8.10. The van der Waals surface area contributed by atoms with Crippen LogP contribution in [0, 0.1) is 5.82 Å². The second-order valence-corrected chi connectivity index (χ2v) is 10.6. The van der Waals surface area contributed by atoms with Gasteiger partial charge in [0.25, 0.3) is 10.0 Å². The number of aromatic nitrogens is 2. The molecule has 0 bridgehead atoms. The van der Waals surface area contributed by atoms with E-state index >= 15 is 0 Å². The number of nitrogens with one attached hydrogen (secondary N) is 1. The molecule has 0 unspecified atom stereocenters. The fourth-order valence-corrected chi connectivity index (χ4v) is 5.71. The molecular weight excluding hydrogens is 475 g/mol. The Kier molecular flexibility index (Phi) is 8.04. The van der Waals surface area contributed by atoms with Gasteiger partial charge in [-0.25, -0.2) is 12.8 Å². The third-order valence-electron chi connectivity index (χ3n) is 4.13. The highest BCUT2D eigenvalue weighted by molar-refractivity contribution is 8.01. The standard InChI is InChI=1S/C20H21FN4O4S3/c1-3-12-30-20-24-23-19(31-20)22-18(26)13-25(15-6-4-14(21)5-7-15)32(27,28)17-10-8-16(29-2)9-11-17/h4-11H,3,12-13H2,1-2H3,(H,22,23,26). The molecule has 0 aliphatic rings. The Bertz CT molecular complexity index is 1150. The Morgan fingerprint density at radius 3 is 2.47 bits per heavy atom. The Hall–Kier alpha value is -2.70. The second kappa shape index (κ2) is 10.7. The molecule has 0 saturated heterocycles. The zero-order chi connectivity index (χ0) is 23.1. The molecule has 3 aromatic rings. The summed E-state index contributed by atoms with van der Waals surface area (Å²) in [5, 5.41) is 10.8. The number of hydrogen-bond donors (Lipinski definition) is 1. The number of benzene rings is 2. The maximum absolute atomic E-state index is 13.4. The van der Waals surface area contributed by atoms with Crippen LogP contribution in [-0.4, -0.2) is 43.9 Å². The first-order valence-electron chi connectivity index (χ1n) is 9.52.